The maximum atomic E-state index is 12.6. The van der Waals surface area contributed by atoms with Crippen molar-refractivity contribution in [2.75, 3.05) is 0 Å². The van der Waals surface area contributed by atoms with E-state index in [-0.39, 0.29) is 17.6 Å². The van der Waals surface area contributed by atoms with Crippen LogP contribution in [0, 0.1) is 10.1 Å². The summed E-state index contributed by atoms with van der Waals surface area (Å²) in [5.74, 6) is -0.244. The number of nitro benzene ring substituents is 1. The van der Waals surface area contributed by atoms with Crippen LogP contribution in [-0.4, -0.2) is 22.6 Å². The zero-order chi connectivity index (χ0) is 21.1. The molecule has 2 unspecified atom stereocenters. The Balaban J connectivity index is 1.41. The second kappa shape index (κ2) is 8.40. The minimum absolute atomic E-state index is 0.00611. The van der Waals surface area contributed by atoms with Gasteiger partial charge in [-0.15, -0.1) is 0 Å². The number of amides is 1. The Bertz CT molecular complexity index is 1120. The Morgan fingerprint density at radius 2 is 1.80 bits per heavy atom. The number of hydrazone groups is 1. The van der Waals surface area contributed by atoms with Gasteiger partial charge in [0.25, 0.3) is 11.6 Å². The van der Waals surface area contributed by atoms with Gasteiger partial charge in [-0.2, -0.15) is 5.10 Å². The largest absolute Gasteiger partial charge is 0.271 e. The average molecular weight is 403 g/mol. The molecule has 1 amide bonds. The van der Waals surface area contributed by atoms with E-state index in [0.29, 0.717) is 17.7 Å². The van der Waals surface area contributed by atoms with Crippen LogP contribution >= 0.6 is 0 Å². The van der Waals surface area contributed by atoms with Crippen molar-refractivity contribution in [3.8, 4) is 0 Å². The van der Waals surface area contributed by atoms with Crippen molar-refractivity contribution in [1.29, 1.82) is 0 Å². The van der Waals surface area contributed by atoms with Gasteiger partial charge in [0.05, 0.1) is 10.6 Å². The van der Waals surface area contributed by atoms with Crippen molar-refractivity contribution in [3.63, 3.8) is 0 Å². The molecular weight excluding hydrogens is 382 g/mol. The third-order valence-electron chi connectivity index (χ3n) is 5.25. The molecule has 1 heterocycles. The summed E-state index contributed by atoms with van der Waals surface area (Å²) in [5, 5.41) is 17.2. The first kappa shape index (κ1) is 19.7. The van der Waals surface area contributed by atoms with E-state index in [1.165, 1.54) is 12.1 Å². The average Bonchev–Trinajstić information content (AvgIpc) is 3.27. The standard InChI is InChI=1S/C22H21N5O3/c1-14(15-9-11-17(12-10-15)27(29)30)23-26-22(28)21-13-20(24-25-21)19-8-4-6-16-5-2-3-7-18(16)19/h2-12,20-21,24-25H,13H2,1H3,(H,26,28)/b23-14+. The number of nitro groups is 1. The molecular formula is C22H21N5O3. The number of carbonyl (C=O) groups is 1. The molecule has 152 valence electrons. The summed E-state index contributed by atoms with van der Waals surface area (Å²) in [6.07, 6.45) is 0.589. The van der Waals surface area contributed by atoms with Gasteiger partial charge in [0.2, 0.25) is 0 Å². The molecule has 3 aromatic rings. The highest BCUT2D eigenvalue weighted by molar-refractivity contribution is 5.99. The van der Waals surface area contributed by atoms with Gasteiger partial charge in [-0.3, -0.25) is 14.9 Å². The number of hydrogen-bond donors (Lipinski definition) is 3. The molecule has 1 aliphatic heterocycles. The van der Waals surface area contributed by atoms with Crippen LogP contribution in [0.1, 0.15) is 30.5 Å². The van der Waals surface area contributed by atoms with Crippen LogP contribution in [0.25, 0.3) is 10.8 Å². The molecule has 4 rings (SSSR count). The Hall–Kier alpha value is -3.62. The predicted molar refractivity (Wildman–Crippen MR) is 115 cm³/mol. The minimum Gasteiger partial charge on any atom is -0.271 e. The zero-order valence-electron chi connectivity index (χ0n) is 16.3. The SMILES string of the molecule is C/C(=N\NC(=O)C1CC(c2cccc3ccccc23)NN1)c1ccc([N+](=O)[O-])cc1. The summed E-state index contributed by atoms with van der Waals surface area (Å²) in [5.41, 5.74) is 11.3. The third kappa shape index (κ3) is 4.05. The first-order chi connectivity index (χ1) is 14.5. The van der Waals surface area contributed by atoms with Gasteiger partial charge in [0.1, 0.15) is 6.04 Å². The van der Waals surface area contributed by atoms with E-state index in [9.17, 15) is 14.9 Å². The zero-order valence-corrected chi connectivity index (χ0v) is 16.3. The first-order valence-corrected chi connectivity index (χ1v) is 9.60. The van der Waals surface area contributed by atoms with Gasteiger partial charge in [0, 0.05) is 18.2 Å². The number of nitrogens with one attached hydrogen (secondary N) is 3. The number of hydrogen-bond acceptors (Lipinski definition) is 6. The van der Waals surface area contributed by atoms with E-state index in [0.717, 1.165) is 16.3 Å². The monoisotopic (exact) mass is 403 g/mol. The summed E-state index contributed by atoms with van der Waals surface area (Å²) in [6, 6.07) is 19.9. The van der Waals surface area contributed by atoms with Crippen molar-refractivity contribution in [1.82, 2.24) is 16.3 Å². The number of non-ortho nitro benzene ring substituents is 1. The number of nitrogens with zero attached hydrogens (tertiary/aromatic N) is 2. The lowest BCUT2D eigenvalue weighted by molar-refractivity contribution is -0.384. The lowest BCUT2D eigenvalue weighted by Crippen LogP contribution is -2.41. The highest BCUT2D eigenvalue weighted by Crippen LogP contribution is 2.29. The highest BCUT2D eigenvalue weighted by Gasteiger charge is 2.30. The van der Waals surface area contributed by atoms with Gasteiger partial charge < -0.3 is 0 Å². The lowest BCUT2D eigenvalue weighted by atomic mass is 9.96. The number of carbonyl (C=O) groups excluding carboxylic acids is 1. The van der Waals surface area contributed by atoms with Gasteiger partial charge in [-0.1, -0.05) is 42.5 Å². The molecule has 0 radical (unpaired) electrons. The van der Waals surface area contributed by atoms with Gasteiger partial charge in [-0.25, -0.2) is 16.3 Å². The van der Waals surface area contributed by atoms with Crippen molar-refractivity contribution in [3.05, 3.63) is 88.0 Å². The van der Waals surface area contributed by atoms with Gasteiger partial charge in [-0.05, 0) is 47.4 Å². The molecule has 0 bridgehead atoms. The number of benzene rings is 3. The second-order valence-electron chi connectivity index (χ2n) is 7.18. The first-order valence-electron chi connectivity index (χ1n) is 9.60. The van der Waals surface area contributed by atoms with E-state index in [2.05, 4.69) is 45.6 Å². The molecule has 0 aromatic heterocycles. The molecule has 8 nitrogen and oxygen atoms in total. The Morgan fingerprint density at radius 1 is 1.07 bits per heavy atom. The normalized spacial score (nSPS) is 19.0. The quantitative estimate of drug-likeness (QED) is 0.344. The summed E-state index contributed by atoms with van der Waals surface area (Å²) in [6.45, 7) is 1.74. The van der Waals surface area contributed by atoms with Crippen LogP contribution in [0.15, 0.2) is 71.8 Å². The minimum atomic E-state index is -0.455. The fourth-order valence-electron chi connectivity index (χ4n) is 3.59. The smallest absolute Gasteiger partial charge is 0.269 e. The maximum Gasteiger partial charge on any atom is 0.269 e. The molecule has 3 N–H and O–H groups in total. The fourth-order valence-corrected chi connectivity index (χ4v) is 3.59. The fraction of sp³-hybridized carbons (Fsp3) is 0.182. The molecule has 2 atom stereocenters. The molecule has 1 saturated heterocycles. The van der Waals surface area contributed by atoms with Crippen LogP contribution < -0.4 is 16.3 Å². The Kier molecular flexibility index (Phi) is 5.51. The Labute approximate surface area is 173 Å². The summed E-state index contributed by atoms with van der Waals surface area (Å²) < 4.78 is 0. The van der Waals surface area contributed by atoms with Crippen LogP contribution in [-0.2, 0) is 4.79 Å². The van der Waals surface area contributed by atoms with Crippen LogP contribution in [0.5, 0.6) is 0 Å². The number of rotatable bonds is 5. The maximum absolute atomic E-state index is 12.6. The van der Waals surface area contributed by atoms with E-state index in [4.69, 9.17) is 0 Å². The summed E-state index contributed by atoms with van der Waals surface area (Å²) >= 11 is 0. The van der Waals surface area contributed by atoms with Crippen LogP contribution in [0.4, 0.5) is 5.69 Å². The predicted octanol–water partition coefficient (Wildman–Crippen LogP) is 3.20. The van der Waals surface area contributed by atoms with Crippen molar-refractivity contribution in [2.45, 2.75) is 25.4 Å². The summed E-state index contributed by atoms with van der Waals surface area (Å²) in [7, 11) is 0. The van der Waals surface area contributed by atoms with Crippen molar-refractivity contribution in [2.24, 2.45) is 5.10 Å². The topological polar surface area (TPSA) is 109 Å². The van der Waals surface area contributed by atoms with Gasteiger partial charge >= 0.3 is 0 Å². The van der Waals surface area contributed by atoms with E-state index in [1.807, 2.05) is 18.2 Å². The third-order valence-corrected chi connectivity index (χ3v) is 5.25. The summed E-state index contributed by atoms with van der Waals surface area (Å²) in [4.78, 5) is 22.9. The second-order valence-corrected chi connectivity index (χ2v) is 7.18. The molecule has 0 saturated carbocycles. The molecule has 3 aromatic carbocycles. The number of hydrazine groups is 1. The van der Waals surface area contributed by atoms with Gasteiger partial charge in [0.15, 0.2) is 0 Å². The molecule has 8 heteroatoms. The molecule has 1 aliphatic rings. The Morgan fingerprint density at radius 3 is 2.57 bits per heavy atom. The van der Waals surface area contributed by atoms with E-state index in [1.54, 1.807) is 19.1 Å². The molecule has 0 aliphatic carbocycles. The van der Waals surface area contributed by atoms with Crippen molar-refractivity contribution < 1.29 is 9.72 Å². The lowest BCUT2D eigenvalue weighted by Gasteiger charge is -2.13. The van der Waals surface area contributed by atoms with E-state index < -0.39 is 11.0 Å². The molecule has 30 heavy (non-hydrogen) atoms. The van der Waals surface area contributed by atoms with Crippen molar-refractivity contribution >= 4 is 28.1 Å². The van der Waals surface area contributed by atoms with Crippen LogP contribution in [0.2, 0.25) is 0 Å². The van der Waals surface area contributed by atoms with E-state index >= 15 is 0 Å². The molecule has 0 spiro atoms. The van der Waals surface area contributed by atoms with Crippen LogP contribution in [0.3, 0.4) is 0 Å². The molecule has 1 fully saturated rings. The number of fused-ring (bicyclic) bond motifs is 1. The highest BCUT2D eigenvalue weighted by atomic mass is 16.6.